The van der Waals surface area contributed by atoms with Crippen LogP contribution in [0.15, 0.2) is 12.1 Å². The van der Waals surface area contributed by atoms with Gasteiger partial charge in [0.2, 0.25) is 5.88 Å². The summed E-state index contributed by atoms with van der Waals surface area (Å²) in [5.74, 6) is 0.785. The molecule has 3 aromatic heterocycles. The predicted molar refractivity (Wildman–Crippen MR) is 126 cm³/mol. The highest BCUT2D eigenvalue weighted by Gasteiger charge is 2.26. The van der Waals surface area contributed by atoms with Crippen LogP contribution in [0.25, 0.3) is 27.8 Å². The summed E-state index contributed by atoms with van der Waals surface area (Å²) in [6.07, 6.45) is 2.78. The van der Waals surface area contributed by atoms with Crippen LogP contribution in [0.3, 0.4) is 0 Å². The minimum atomic E-state index is 0.278. The topological polar surface area (TPSA) is 57.2 Å². The molecule has 0 amide bonds. The number of hydrogen-bond donors (Lipinski definition) is 0. The van der Waals surface area contributed by atoms with Crippen molar-refractivity contribution in [2.75, 3.05) is 7.11 Å². The molecule has 0 aliphatic heterocycles. The Morgan fingerprint density at radius 2 is 1.55 bits per heavy atom. The van der Waals surface area contributed by atoms with Gasteiger partial charge in [-0.25, -0.2) is 9.67 Å². The fraction of sp³-hybridized carbons (Fsp3) is 0.480. The molecule has 0 aliphatic carbocycles. The van der Waals surface area contributed by atoms with Gasteiger partial charge in [-0.1, -0.05) is 38.5 Å². The van der Waals surface area contributed by atoms with Crippen LogP contribution in [0.2, 0.25) is 0 Å². The van der Waals surface area contributed by atoms with Crippen LogP contribution in [0.4, 0.5) is 0 Å². The first-order chi connectivity index (χ1) is 14.9. The van der Waals surface area contributed by atoms with Crippen molar-refractivity contribution >= 4 is 16.7 Å². The number of nitrogens with zero attached hydrogens (tertiary/aromatic N) is 5. The average molecular weight is 420 g/mol. The molecule has 6 heteroatoms. The smallest absolute Gasteiger partial charge is 0.223 e. The Kier molecular flexibility index (Phi) is 5.50. The van der Waals surface area contributed by atoms with Gasteiger partial charge in [-0.2, -0.15) is 9.61 Å². The van der Waals surface area contributed by atoms with Crippen LogP contribution in [-0.4, -0.2) is 31.5 Å². The van der Waals surface area contributed by atoms with Gasteiger partial charge < -0.3 is 4.74 Å². The molecule has 0 N–H and O–H groups in total. The number of rotatable bonds is 6. The zero-order valence-corrected chi connectivity index (χ0v) is 20.0. The first-order valence-electron chi connectivity index (χ1n) is 11.3. The summed E-state index contributed by atoms with van der Waals surface area (Å²) >= 11 is 0. The quantitative estimate of drug-likeness (QED) is 0.390. The van der Waals surface area contributed by atoms with E-state index in [0.29, 0.717) is 0 Å². The summed E-state index contributed by atoms with van der Waals surface area (Å²) in [6, 6.07) is 4.74. The third kappa shape index (κ3) is 3.20. The highest BCUT2D eigenvalue weighted by molar-refractivity contribution is 5.91. The maximum Gasteiger partial charge on any atom is 0.223 e. The summed E-state index contributed by atoms with van der Waals surface area (Å²) in [7, 11) is 1.72. The lowest BCUT2D eigenvalue weighted by molar-refractivity contribution is 0.324. The van der Waals surface area contributed by atoms with E-state index in [9.17, 15) is 0 Å². The Labute approximate surface area is 184 Å². The van der Waals surface area contributed by atoms with E-state index in [4.69, 9.17) is 19.9 Å². The summed E-state index contributed by atoms with van der Waals surface area (Å²) in [5.41, 5.74) is 9.74. The molecule has 0 spiro atoms. The van der Waals surface area contributed by atoms with E-state index in [1.54, 1.807) is 7.11 Å². The Balaban J connectivity index is 2.13. The molecule has 0 atom stereocenters. The zero-order valence-electron chi connectivity index (χ0n) is 20.0. The maximum atomic E-state index is 5.87. The maximum absolute atomic E-state index is 5.87. The summed E-state index contributed by atoms with van der Waals surface area (Å²) < 4.78 is 9.81. The predicted octanol–water partition coefficient (Wildman–Crippen LogP) is 5.91. The molecule has 3 heterocycles. The van der Waals surface area contributed by atoms with Crippen molar-refractivity contribution in [3.8, 4) is 17.0 Å². The molecule has 164 valence electrons. The number of aromatic nitrogens is 5. The Hall–Kier alpha value is -2.89. The molecular formula is C25H33N5O. The van der Waals surface area contributed by atoms with Crippen molar-refractivity contribution < 1.29 is 4.74 Å². The molecule has 1 aromatic carbocycles. The van der Waals surface area contributed by atoms with Crippen LogP contribution in [0, 0.1) is 27.7 Å². The number of aryl methyl sites for hydroxylation is 5. The SMILES string of the molecule is CCc1nc2c(-c3c(C)cc(C)cc3C)c(C)nn2c2nn(C(CC)CC)c(OC)c12. The fourth-order valence-corrected chi connectivity index (χ4v) is 4.96. The Bertz CT molecular complexity index is 1250. The molecule has 0 fully saturated rings. The van der Waals surface area contributed by atoms with Crippen molar-refractivity contribution in [3.05, 3.63) is 40.2 Å². The second-order valence-corrected chi connectivity index (χ2v) is 8.50. The molecule has 6 nitrogen and oxygen atoms in total. The number of ether oxygens (including phenoxy) is 1. The van der Waals surface area contributed by atoms with Crippen molar-refractivity contribution in [3.63, 3.8) is 0 Å². The second-order valence-electron chi connectivity index (χ2n) is 8.50. The molecule has 0 aliphatic rings. The minimum Gasteiger partial charge on any atom is -0.481 e. The van der Waals surface area contributed by atoms with Gasteiger partial charge in [0.25, 0.3) is 0 Å². The van der Waals surface area contributed by atoms with Crippen LogP contribution < -0.4 is 4.74 Å². The van der Waals surface area contributed by atoms with Crippen LogP contribution >= 0.6 is 0 Å². The van der Waals surface area contributed by atoms with Gasteiger partial charge in [0.15, 0.2) is 11.3 Å². The van der Waals surface area contributed by atoms with Gasteiger partial charge in [-0.15, -0.1) is 5.10 Å². The molecule has 4 rings (SSSR count). The van der Waals surface area contributed by atoms with Gasteiger partial charge in [0, 0.05) is 0 Å². The molecule has 0 bridgehead atoms. The summed E-state index contributed by atoms with van der Waals surface area (Å²) in [4.78, 5) is 5.12. The van der Waals surface area contributed by atoms with Crippen LogP contribution in [-0.2, 0) is 6.42 Å². The van der Waals surface area contributed by atoms with E-state index in [2.05, 4.69) is 60.6 Å². The molecule has 0 radical (unpaired) electrons. The second kappa shape index (κ2) is 7.98. The van der Waals surface area contributed by atoms with Crippen molar-refractivity contribution in [2.45, 2.75) is 73.8 Å². The number of fused-ring (bicyclic) bond motifs is 3. The third-order valence-electron chi connectivity index (χ3n) is 6.36. The summed E-state index contributed by atoms with van der Waals surface area (Å²) in [5, 5.41) is 10.9. The highest BCUT2D eigenvalue weighted by atomic mass is 16.5. The molecule has 31 heavy (non-hydrogen) atoms. The van der Waals surface area contributed by atoms with Gasteiger partial charge in [-0.3, -0.25) is 0 Å². The lowest BCUT2D eigenvalue weighted by Crippen LogP contribution is -2.10. The number of benzene rings is 1. The monoisotopic (exact) mass is 419 g/mol. The van der Waals surface area contributed by atoms with Gasteiger partial charge >= 0.3 is 0 Å². The first-order valence-corrected chi connectivity index (χ1v) is 11.3. The van der Waals surface area contributed by atoms with E-state index in [1.165, 1.54) is 22.3 Å². The Morgan fingerprint density at radius 1 is 0.903 bits per heavy atom. The Morgan fingerprint density at radius 3 is 2.10 bits per heavy atom. The minimum absolute atomic E-state index is 0.278. The normalized spacial score (nSPS) is 11.9. The fourth-order valence-electron chi connectivity index (χ4n) is 4.96. The first kappa shape index (κ1) is 21.3. The standard InChI is InChI=1S/C25H33N5O/c1-9-18(10-2)29-25(31-8)22-19(11-3)26-23-21(17(7)27-30(23)24(22)28-29)20-15(5)12-14(4)13-16(20)6/h12-13,18H,9-11H2,1-8H3. The number of hydrogen-bond acceptors (Lipinski definition) is 4. The molecule has 0 unspecified atom stereocenters. The van der Waals surface area contributed by atoms with Gasteiger partial charge in [0.05, 0.1) is 30.1 Å². The average Bonchev–Trinajstić information content (AvgIpc) is 3.26. The van der Waals surface area contributed by atoms with Crippen molar-refractivity contribution in [2.24, 2.45) is 0 Å². The van der Waals surface area contributed by atoms with E-state index in [-0.39, 0.29) is 6.04 Å². The molecular weight excluding hydrogens is 386 g/mol. The molecule has 0 saturated carbocycles. The van der Waals surface area contributed by atoms with E-state index in [0.717, 1.165) is 58.8 Å². The highest BCUT2D eigenvalue weighted by Crippen LogP contribution is 2.38. The largest absolute Gasteiger partial charge is 0.481 e. The zero-order chi connectivity index (χ0) is 22.4. The van der Waals surface area contributed by atoms with Gasteiger partial charge in [0.1, 0.15) is 5.39 Å². The third-order valence-corrected chi connectivity index (χ3v) is 6.36. The lowest BCUT2D eigenvalue weighted by Gasteiger charge is -2.15. The number of methoxy groups -OCH3 is 1. The van der Waals surface area contributed by atoms with Crippen molar-refractivity contribution in [1.82, 2.24) is 24.4 Å². The van der Waals surface area contributed by atoms with E-state index < -0.39 is 0 Å². The van der Waals surface area contributed by atoms with Crippen LogP contribution in [0.5, 0.6) is 5.88 Å². The van der Waals surface area contributed by atoms with E-state index >= 15 is 0 Å². The van der Waals surface area contributed by atoms with E-state index in [1.807, 2.05) is 9.20 Å². The van der Waals surface area contributed by atoms with Crippen LogP contribution in [0.1, 0.15) is 67.7 Å². The molecule has 0 saturated heterocycles. The lowest BCUT2D eigenvalue weighted by atomic mass is 9.94. The molecule has 4 aromatic rings. The summed E-state index contributed by atoms with van der Waals surface area (Å²) in [6.45, 7) is 15.1. The van der Waals surface area contributed by atoms with Gasteiger partial charge in [-0.05, 0) is 63.6 Å². The van der Waals surface area contributed by atoms with Crippen molar-refractivity contribution in [1.29, 1.82) is 0 Å².